The van der Waals surface area contributed by atoms with Crippen LogP contribution in [0.3, 0.4) is 0 Å². The predicted molar refractivity (Wildman–Crippen MR) is 213 cm³/mol. The van der Waals surface area contributed by atoms with Gasteiger partial charge in [-0.25, -0.2) is 9.69 Å². The first-order chi connectivity index (χ1) is 28.1. The minimum Gasteiger partial charge on any atom is -0.493 e. The second kappa shape index (κ2) is 16.0. The highest BCUT2D eigenvalue weighted by Crippen LogP contribution is 2.50. The molecule has 8 amide bonds. The Kier molecular flexibility index (Phi) is 10.7. The van der Waals surface area contributed by atoms with E-state index >= 15 is 0 Å². The zero-order valence-corrected chi connectivity index (χ0v) is 32.3. The van der Waals surface area contributed by atoms with Crippen molar-refractivity contribution in [2.45, 2.75) is 81.7 Å². The molecule has 298 valence electrons. The van der Waals surface area contributed by atoms with Gasteiger partial charge < -0.3 is 15.4 Å². The number of hydrogen-bond donors (Lipinski definition) is 3. The van der Waals surface area contributed by atoms with Crippen LogP contribution in [0, 0.1) is 0 Å². The number of piperidine rings is 1. The highest BCUT2D eigenvalue weighted by atomic mass is 35.5. The second-order valence-electron chi connectivity index (χ2n) is 15.2. The van der Waals surface area contributed by atoms with Gasteiger partial charge in [0, 0.05) is 40.5 Å². The lowest BCUT2D eigenvalue weighted by Crippen LogP contribution is -2.56. The molecular weight excluding hydrogens is 764 g/mol. The Morgan fingerprint density at radius 3 is 2.47 bits per heavy atom. The van der Waals surface area contributed by atoms with Crippen molar-refractivity contribution >= 4 is 69.5 Å². The summed E-state index contributed by atoms with van der Waals surface area (Å²) in [6, 6.07) is 15.9. The van der Waals surface area contributed by atoms with Crippen molar-refractivity contribution in [3.05, 3.63) is 100 Å². The lowest BCUT2D eigenvalue weighted by Gasteiger charge is -2.43. The summed E-state index contributed by atoms with van der Waals surface area (Å²) in [5.41, 5.74) is 0.995. The number of pyridine rings is 1. The molecule has 3 N–H and O–H groups in total. The van der Waals surface area contributed by atoms with Crippen molar-refractivity contribution in [3.63, 3.8) is 0 Å². The van der Waals surface area contributed by atoms with Crippen molar-refractivity contribution < 1.29 is 38.3 Å². The molecule has 1 spiro atoms. The molecule has 2 saturated heterocycles. The lowest BCUT2D eigenvalue weighted by molar-refractivity contribution is -0.136. The normalized spacial score (nSPS) is 21.3. The fourth-order valence-corrected chi connectivity index (χ4v) is 8.71. The molecule has 8 rings (SSSR count). The lowest BCUT2D eigenvalue weighted by atomic mass is 9.65. The third kappa shape index (κ3) is 7.17. The number of aromatic nitrogens is 1. The van der Waals surface area contributed by atoms with Crippen LogP contribution in [-0.2, 0) is 14.4 Å². The summed E-state index contributed by atoms with van der Waals surface area (Å²) in [5.74, 6) is -2.52. The Hall–Kier alpha value is -6.15. The molecule has 1 unspecified atom stereocenters. The number of halogens is 1. The number of hydrogen-bond acceptors (Lipinski definition) is 9. The van der Waals surface area contributed by atoms with Gasteiger partial charge in [0.15, 0.2) is 0 Å². The van der Waals surface area contributed by atoms with Gasteiger partial charge in [0.2, 0.25) is 11.8 Å². The number of fused-ring (bicyclic) bond motifs is 2. The maximum atomic E-state index is 13.8. The highest BCUT2D eigenvalue weighted by Gasteiger charge is 2.59. The standard InChI is InChI=1S/C43H41ClN6O8/c44-31-12-6-5-10-28(31)27-21-43(22-27)41(56)50(42(57)48-43)33-24-45-23-26-15-14-25(20-30(26)33)37(52)46-18-7-3-1-2-4-8-19-58-34-13-9-11-29-36(34)40(55)49(39(29)54)32-16-17-35(51)47-38(32)53/h5-6,9-15,20,23-24,27,32H,1-4,7-8,16-19,21-22H2,(H,46,52)(H,48,57)(H,47,51,53). The van der Waals surface area contributed by atoms with E-state index in [1.165, 1.54) is 12.3 Å². The van der Waals surface area contributed by atoms with Gasteiger partial charge >= 0.3 is 6.03 Å². The average molecular weight is 805 g/mol. The first kappa shape index (κ1) is 38.7. The van der Waals surface area contributed by atoms with Crippen LogP contribution < -0.4 is 25.6 Å². The molecule has 4 aromatic rings. The number of nitrogens with one attached hydrogen (secondary N) is 3. The van der Waals surface area contributed by atoms with Crippen molar-refractivity contribution in [1.29, 1.82) is 0 Å². The molecular formula is C43H41ClN6O8. The zero-order chi connectivity index (χ0) is 40.6. The number of carbonyl (C=O) groups is 7. The molecule has 58 heavy (non-hydrogen) atoms. The average Bonchev–Trinajstić information content (AvgIpc) is 3.62. The molecule has 0 bridgehead atoms. The number of amides is 8. The summed E-state index contributed by atoms with van der Waals surface area (Å²) in [6.45, 7) is 0.824. The fourth-order valence-electron chi connectivity index (χ4n) is 8.42. The van der Waals surface area contributed by atoms with E-state index in [-0.39, 0.29) is 41.7 Å². The highest BCUT2D eigenvalue weighted by molar-refractivity contribution is 6.31. The Balaban J connectivity index is 0.775. The van der Waals surface area contributed by atoms with Crippen LogP contribution in [-0.4, -0.2) is 76.1 Å². The molecule has 1 atom stereocenters. The van der Waals surface area contributed by atoms with Crippen LogP contribution in [0.25, 0.3) is 10.8 Å². The molecule has 4 heterocycles. The smallest absolute Gasteiger partial charge is 0.329 e. The third-order valence-electron chi connectivity index (χ3n) is 11.5. The summed E-state index contributed by atoms with van der Waals surface area (Å²) < 4.78 is 5.93. The number of unbranched alkanes of at least 4 members (excludes halogenated alkanes) is 5. The van der Waals surface area contributed by atoms with Gasteiger partial charge in [-0.05, 0) is 73.9 Å². The first-order valence-corrected chi connectivity index (χ1v) is 20.0. The number of benzene rings is 3. The predicted octanol–water partition coefficient (Wildman–Crippen LogP) is 5.81. The monoisotopic (exact) mass is 804 g/mol. The van der Waals surface area contributed by atoms with Gasteiger partial charge in [-0.15, -0.1) is 0 Å². The molecule has 4 aliphatic rings. The Morgan fingerprint density at radius 1 is 0.897 bits per heavy atom. The third-order valence-corrected chi connectivity index (χ3v) is 11.8. The Bertz CT molecular complexity index is 2380. The quantitative estimate of drug-likeness (QED) is 0.0804. The summed E-state index contributed by atoms with van der Waals surface area (Å²) in [6.07, 6.45) is 9.31. The Morgan fingerprint density at radius 2 is 1.67 bits per heavy atom. The number of urea groups is 1. The molecule has 3 fully saturated rings. The number of carbonyl (C=O) groups excluding carboxylic acids is 7. The van der Waals surface area contributed by atoms with E-state index < -0.39 is 41.2 Å². The molecule has 0 radical (unpaired) electrons. The van der Waals surface area contributed by atoms with Crippen LogP contribution in [0.1, 0.15) is 107 Å². The summed E-state index contributed by atoms with van der Waals surface area (Å²) in [4.78, 5) is 96.8. The molecule has 1 aliphatic carbocycles. The number of imide groups is 3. The second-order valence-corrected chi connectivity index (χ2v) is 15.6. The number of ether oxygens (including phenoxy) is 1. The number of anilines is 1. The molecule has 3 aromatic carbocycles. The van der Waals surface area contributed by atoms with E-state index in [2.05, 4.69) is 20.9 Å². The molecule has 14 nitrogen and oxygen atoms in total. The Labute approximate surface area is 338 Å². The minimum atomic E-state index is -1.04. The number of rotatable bonds is 14. The van der Waals surface area contributed by atoms with Crippen LogP contribution in [0.4, 0.5) is 10.5 Å². The topological polar surface area (TPSA) is 184 Å². The van der Waals surface area contributed by atoms with E-state index in [1.807, 2.05) is 24.3 Å². The largest absolute Gasteiger partial charge is 0.493 e. The van der Waals surface area contributed by atoms with E-state index in [0.29, 0.717) is 58.8 Å². The van der Waals surface area contributed by atoms with Crippen LogP contribution in [0.5, 0.6) is 5.75 Å². The van der Waals surface area contributed by atoms with E-state index in [0.717, 1.165) is 53.9 Å². The SMILES string of the molecule is O=C1CCC(N2C(=O)c3cccc(OCCCCCCCCNC(=O)c4ccc5cncc(N6C(=O)NC7(CC(c8ccccc8Cl)C7)C6=O)c5c4)c3C2=O)C(=O)N1. The van der Waals surface area contributed by atoms with Crippen molar-refractivity contribution in [2.75, 3.05) is 18.1 Å². The molecule has 3 aliphatic heterocycles. The van der Waals surface area contributed by atoms with Gasteiger partial charge in [0.1, 0.15) is 17.3 Å². The fraction of sp³-hybridized carbons (Fsp3) is 0.349. The van der Waals surface area contributed by atoms with E-state index in [9.17, 15) is 33.6 Å². The van der Waals surface area contributed by atoms with E-state index in [4.69, 9.17) is 16.3 Å². The zero-order valence-electron chi connectivity index (χ0n) is 31.6. The van der Waals surface area contributed by atoms with Gasteiger partial charge in [0.25, 0.3) is 23.6 Å². The molecule has 15 heteroatoms. The van der Waals surface area contributed by atoms with E-state index in [1.54, 1.807) is 36.5 Å². The number of nitrogens with zero attached hydrogens (tertiary/aromatic N) is 3. The van der Waals surface area contributed by atoms with Crippen LogP contribution >= 0.6 is 11.6 Å². The van der Waals surface area contributed by atoms with Crippen molar-refractivity contribution in [3.8, 4) is 5.75 Å². The van der Waals surface area contributed by atoms with Gasteiger partial charge in [-0.2, -0.15) is 0 Å². The maximum Gasteiger partial charge on any atom is 0.329 e. The summed E-state index contributed by atoms with van der Waals surface area (Å²) >= 11 is 6.40. The first-order valence-electron chi connectivity index (χ1n) is 19.6. The minimum absolute atomic E-state index is 0.0490. The van der Waals surface area contributed by atoms with Crippen LogP contribution in [0.2, 0.25) is 5.02 Å². The molecule has 1 saturated carbocycles. The van der Waals surface area contributed by atoms with Gasteiger partial charge in [-0.1, -0.05) is 67.6 Å². The maximum absolute atomic E-state index is 13.8. The van der Waals surface area contributed by atoms with Crippen molar-refractivity contribution in [2.24, 2.45) is 0 Å². The summed E-state index contributed by atoms with van der Waals surface area (Å²) in [7, 11) is 0. The van der Waals surface area contributed by atoms with Crippen LogP contribution in [0.15, 0.2) is 73.1 Å². The van der Waals surface area contributed by atoms with Crippen molar-refractivity contribution in [1.82, 2.24) is 25.8 Å². The molecule has 1 aromatic heterocycles. The van der Waals surface area contributed by atoms with Gasteiger partial charge in [0.05, 0.1) is 29.6 Å². The van der Waals surface area contributed by atoms with Gasteiger partial charge in [-0.3, -0.25) is 44.0 Å². The summed E-state index contributed by atoms with van der Waals surface area (Å²) in [5, 5.41) is 9.99.